The molecule has 1 N–H and O–H groups in total. The Morgan fingerprint density at radius 3 is 2.55 bits per heavy atom. The molecule has 1 aromatic heterocycles. The van der Waals surface area contributed by atoms with Gasteiger partial charge in [-0.15, -0.1) is 11.3 Å². The van der Waals surface area contributed by atoms with E-state index < -0.39 is 5.97 Å². The van der Waals surface area contributed by atoms with Gasteiger partial charge >= 0.3 is 5.97 Å². The van der Waals surface area contributed by atoms with Gasteiger partial charge in [-0.05, 0) is 37.6 Å². The molecule has 0 atom stereocenters. The Bertz CT molecular complexity index is 1020. The molecule has 5 nitrogen and oxygen atoms in total. The lowest BCUT2D eigenvalue weighted by Gasteiger charge is -2.10. The van der Waals surface area contributed by atoms with Gasteiger partial charge in [-0.1, -0.05) is 48.0 Å². The van der Waals surface area contributed by atoms with Crippen LogP contribution < -0.4 is 10.1 Å². The van der Waals surface area contributed by atoms with Crippen molar-refractivity contribution in [1.29, 1.82) is 0 Å². The smallest absolute Gasteiger partial charge is 0.341 e. The summed E-state index contributed by atoms with van der Waals surface area (Å²) in [7, 11) is 0. The predicted molar refractivity (Wildman–Crippen MR) is 116 cm³/mol. The number of aryl methyl sites for hydroxylation is 1. The molecular formula is C22H20ClNO4S. The summed E-state index contributed by atoms with van der Waals surface area (Å²) in [4.78, 5) is 26.0. The summed E-state index contributed by atoms with van der Waals surface area (Å²) in [6.07, 6.45) is 0. The van der Waals surface area contributed by atoms with Crippen LogP contribution in [-0.4, -0.2) is 25.1 Å². The molecule has 1 amide bonds. The molecule has 7 heteroatoms. The van der Waals surface area contributed by atoms with Gasteiger partial charge in [0.1, 0.15) is 16.3 Å². The lowest BCUT2D eigenvalue weighted by molar-refractivity contribution is -0.118. The fourth-order valence-corrected chi connectivity index (χ4v) is 4.11. The first kappa shape index (κ1) is 20.9. The molecule has 0 saturated carbocycles. The summed E-state index contributed by atoms with van der Waals surface area (Å²) in [5, 5.41) is 3.75. The Morgan fingerprint density at radius 2 is 1.86 bits per heavy atom. The van der Waals surface area contributed by atoms with E-state index in [0.29, 0.717) is 21.3 Å². The second-order valence-electron chi connectivity index (χ2n) is 6.12. The minimum atomic E-state index is -0.471. The van der Waals surface area contributed by atoms with Gasteiger partial charge in [0.2, 0.25) is 0 Å². The fraction of sp³-hybridized carbons (Fsp3) is 0.182. The summed E-state index contributed by atoms with van der Waals surface area (Å²) < 4.78 is 10.7. The molecule has 0 aliphatic rings. The van der Waals surface area contributed by atoms with Crippen molar-refractivity contribution in [3.63, 3.8) is 0 Å². The molecule has 0 radical (unpaired) electrons. The molecule has 150 valence electrons. The average Bonchev–Trinajstić information content (AvgIpc) is 3.03. The Morgan fingerprint density at radius 1 is 1.10 bits per heavy atom. The van der Waals surface area contributed by atoms with Gasteiger partial charge in [-0.3, -0.25) is 4.79 Å². The van der Waals surface area contributed by atoms with Gasteiger partial charge in [-0.2, -0.15) is 0 Å². The molecule has 0 unspecified atom stereocenters. The third-order valence-corrected chi connectivity index (χ3v) is 5.30. The van der Waals surface area contributed by atoms with Crippen LogP contribution in [0.3, 0.4) is 0 Å². The molecule has 29 heavy (non-hydrogen) atoms. The van der Waals surface area contributed by atoms with E-state index in [1.54, 1.807) is 31.2 Å². The number of carbonyl (C=O) groups excluding carboxylic acids is 2. The average molecular weight is 430 g/mol. The zero-order valence-corrected chi connectivity index (χ0v) is 17.6. The number of benzene rings is 2. The molecule has 0 saturated heterocycles. The van der Waals surface area contributed by atoms with E-state index in [-0.39, 0.29) is 19.1 Å². The van der Waals surface area contributed by atoms with Crippen LogP contribution in [0.4, 0.5) is 5.00 Å². The highest BCUT2D eigenvalue weighted by atomic mass is 35.5. The highest BCUT2D eigenvalue weighted by Crippen LogP contribution is 2.40. The summed E-state index contributed by atoms with van der Waals surface area (Å²) in [6.45, 7) is 3.69. The van der Waals surface area contributed by atoms with Crippen LogP contribution in [-0.2, 0) is 9.53 Å². The van der Waals surface area contributed by atoms with Crippen molar-refractivity contribution in [2.24, 2.45) is 0 Å². The van der Waals surface area contributed by atoms with E-state index in [1.165, 1.54) is 11.3 Å². The first-order valence-electron chi connectivity index (χ1n) is 9.03. The van der Waals surface area contributed by atoms with Crippen LogP contribution in [0.5, 0.6) is 5.75 Å². The van der Waals surface area contributed by atoms with Gasteiger partial charge in [0, 0.05) is 15.5 Å². The van der Waals surface area contributed by atoms with Gasteiger partial charge in [0.05, 0.1) is 6.61 Å². The molecule has 3 rings (SSSR count). The Hall–Kier alpha value is -2.83. The zero-order chi connectivity index (χ0) is 20.8. The number of esters is 1. The number of halogens is 1. The van der Waals surface area contributed by atoms with E-state index in [0.717, 1.165) is 16.0 Å². The van der Waals surface area contributed by atoms with Crippen LogP contribution in [0, 0.1) is 6.92 Å². The van der Waals surface area contributed by atoms with Crippen molar-refractivity contribution in [2.75, 3.05) is 18.5 Å². The van der Waals surface area contributed by atoms with Crippen LogP contribution in [0.1, 0.15) is 22.2 Å². The van der Waals surface area contributed by atoms with Crippen LogP contribution >= 0.6 is 22.9 Å². The van der Waals surface area contributed by atoms with E-state index in [1.807, 2.05) is 37.3 Å². The van der Waals surface area contributed by atoms with Crippen molar-refractivity contribution in [1.82, 2.24) is 0 Å². The number of amides is 1. The van der Waals surface area contributed by atoms with Crippen LogP contribution in [0.25, 0.3) is 11.1 Å². The summed E-state index contributed by atoms with van der Waals surface area (Å²) in [6, 6.07) is 16.4. The molecule has 0 aliphatic carbocycles. The number of thiophene rings is 1. The SMILES string of the molecule is CCOC(=O)c1c(NC(=O)COc2cccc(Cl)c2)sc(C)c1-c1ccccc1. The number of anilines is 1. The first-order valence-corrected chi connectivity index (χ1v) is 10.2. The molecule has 3 aromatic rings. The van der Waals surface area contributed by atoms with Crippen LogP contribution in [0.15, 0.2) is 54.6 Å². The third-order valence-electron chi connectivity index (χ3n) is 4.05. The standard InChI is InChI=1S/C22H20ClNO4S/c1-3-27-22(26)20-19(15-8-5-4-6-9-15)14(2)29-21(20)24-18(25)13-28-17-11-7-10-16(23)12-17/h4-12H,3,13H2,1-2H3,(H,24,25). The minimum absolute atomic E-state index is 0.208. The summed E-state index contributed by atoms with van der Waals surface area (Å²) >= 11 is 7.26. The molecule has 1 heterocycles. The number of ether oxygens (including phenoxy) is 2. The van der Waals surface area contributed by atoms with Gasteiger partial charge < -0.3 is 14.8 Å². The van der Waals surface area contributed by atoms with Crippen molar-refractivity contribution in [3.8, 4) is 16.9 Å². The monoisotopic (exact) mass is 429 g/mol. The molecule has 2 aromatic carbocycles. The van der Waals surface area contributed by atoms with Crippen LogP contribution in [0.2, 0.25) is 5.02 Å². The van der Waals surface area contributed by atoms with Crippen molar-refractivity contribution >= 4 is 39.8 Å². The van der Waals surface area contributed by atoms with E-state index in [2.05, 4.69) is 5.32 Å². The summed E-state index contributed by atoms with van der Waals surface area (Å²) in [5.74, 6) is -0.358. The zero-order valence-electron chi connectivity index (χ0n) is 16.0. The number of hydrogen-bond acceptors (Lipinski definition) is 5. The molecule has 0 bridgehead atoms. The van der Waals surface area contributed by atoms with E-state index in [9.17, 15) is 9.59 Å². The van der Waals surface area contributed by atoms with E-state index >= 15 is 0 Å². The highest BCUT2D eigenvalue weighted by molar-refractivity contribution is 7.17. The molecular weight excluding hydrogens is 410 g/mol. The predicted octanol–water partition coefficient (Wildman–Crippen LogP) is 5.57. The van der Waals surface area contributed by atoms with Crippen molar-refractivity contribution in [3.05, 3.63) is 70.1 Å². The number of nitrogens with one attached hydrogen (secondary N) is 1. The summed E-state index contributed by atoms with van der Waals surface area (Å²) in [5.41, 5.74) is 2.01. The Balaban J connectivity index is 1.84. The normalized spacial score (nSPS) is 10.4. The van der Waals surface area contributed by atoms with Gasteiger partial charge in [0.15, 0.2) is 6.61 Å². The Kier molecular flexibility index (Phi) is 6.90. The maximum atomic E-state index is 12.7. The van der Waals surface area contributed by atoms with Crippen molar-refractivity contribution in [2.45, 2.75) is 13.8 Å². The maximum Gasteiger partial charge on any atom is 0.341 e. The second kappa shape index (κ2) is 9.58. The number of rotatable bonds is 7. The highest BCUT2D eigenvalue weighted by Gasteiger charge is 2.25. The third kappa shape index (κ3) is 5.16. The number of hydrogen-bond donors (Lipinski definition) is 1. The maximum absolute atomic E-state index is 12.7. The second-order valence-corrected chi connectivity index (χ2v) is 7.78. The first-order chi connectivity index (χ1) is 14.0. The fourth-order valence-electron chi connectivity index (χ4n) is 2.85. The van der Waals surface area contributed by atoms with Crippen molar-refractivity contribution < 1.29 is 19.1 Å². The Labute approximate surface area is 178 Å². The largest absolute Gasteiger partial charge is 0.484 e. The number of carbonyl (C=O) groups is 2. The van der Waals surface area contributed by atoms with Gasteiger partial charge in [-0.25, -0.2) is 4.79 Å². The lowest BCUT2D eigenvalue weighted by atomic mass is 10.0. The molecule has 0 aliphatic heterocycles. The van der Waals surface area contributed by atoms with Gasteiger partial charge in [0.25, 0.3) is 5.91 Å². The lowest BCUT2D eigenvalue weighted by Crippen LogP contribution is -2.21. The molecule has 0 fully saturated rings. The topological polar surface area (TPSA) is 64.6 Å². The van der Waals surface area contributed by atoms with E-state index in [4.69, 9.17) is 21.1 Å². The molecule has 0 spiro atoms. The quantitative estimate of drug-likeness (QED) is 0.498. The minimum Gasteiger partial charge on any atom is -0.484 e.